The number of aromatic nitrogens is 1. The van der Waals surface area contributed by atoms with E-state index in [-0.39, 0.29) is 11.5 Å². The van der Waals surface area contributed by atoms with E-state index in [0.29, 0.717) is 19.1 Å². The predicted molar refractivity (Wildman–Crippen MR) is 119 cm³/mol. The lowest BCUT2D eigenvalue weighted by Gasteiger charge is -2.31. The van der Waals surface area contributed by atoms with Gasteiger partial charge in [-0.25, -0.2) is 0 Å². The molecule has 162 valence electrons. The van der Waals surface area contributed by atoms with E-state index in [2.05, 4.69) is 27.7 Å². The van der Waals surface area contributed by atoms with Crippen LogP contribution in [0.4, 0.5) is 5.69 Å². The van der Waals surface area contributed by atoms with Gasteiger partial charge < -0.3 is 23.7 Å². The first kappa shape index (κ1) is 20.9. The number of hydrogen-bond donors (Lipinski definition) is 0. The van der Waals surface area contributed by atoms with Gasteiger partial charge in [0, 0.05) is 56.7 Å². The Morgan fingerprint density at radius 2 is 1.83 bits per heavy atom. The molecule has 30 heavy (non-hydrogen) atoms. The van der Waals surface area contributed by atoms with Crippen LogP contribution in [0, 0.1) is 6.92 Å². The predicted octanol–water partition coefficient (Wildman–Crippen LogP) is 3.41. The van der Waals surface area contributed by atoms with E-state index >= 15 is 0 Å². The Morgan fingerprint density at radius 1 is 1.03 bits per heavy atom. The van der Waals surface area contributed by atoms with Gasteiger partial charge in [-0.3, -0.25) is 4.79 Å². The van der Waals surface area contributed by atoms with Crippen molar-refractivity contribution < 1.29 is 14.2 Å². The summed E-state index contributed by atoms with van der Waals surface area (Å²) in [5.74, 6) is 0.601. The molecule has 1 atom stereocenters. The first-order chi connectivity index (χ1) is 14.6. The summed E-state index contributed by atoms with van der Waals surface area (Å²) in [5, 5.41) is 0. The molecule has 0 saturated carbocycles. The number of pyridine rings is 1. The van der Waals surface area contributed by atoms with Crippen LogP contribution in [-0.2, 0) is 22.4 Å². The smallest absolute Gasteiger partial charge is 0.197 e. The molecule has 0 radical (unpaired) electrons. The molecule has 2 aliphatic heterocycles. The highest BCUT2D eigenvalue weighted by Crippen LogP contribution is 2.36. The van der Waals surface area contributed by atoms with Gasteiger partial charge in [0.25, 0.3) is 0 Å². The minimum atomic E-state index is -0.175. The van der Waals surface area contributed by atoms with E-state index in [1.807, 2.05) is 6.92 Å². The highest BCUT2D eigenvalue weighted by Gasteiger charge is 2.24. The quantitative estimate of drug-likeness (QED) is 0.698. The lowest BCUT2D eigenvalue weighted by molar-refractivity contribution is -0.000948. The van der Waals surface area contributed by atoms with Crippen LogP contribution in [0.5, 0.6) is 5.88 Å². The second kappa shape index (κ2) is 9.23. The Morgan fingerprint density at radius 3 is 2.57 bits per heavy atom. The lowest BCUT2D eigenvalue weighted by Crippen LogP contribution is -2.30. The molecule has 2 aromatic rings. The maximum Gasteiger partial charge on any atom is 0.197 e. The summed E-state index contributed by atoms with van der Waals surface area (Å²) in [6, 6.07) is 8.31. The van der Waals surface area contributed by atoms with Crippen molar-refractivity contribution >= 4 is 5.69 Å². The van der Waals surface area contributed by atoms with Gasteiger partial charge in [0.2, 0.25) is 0 Å². The summed E-state index contributed by atoms with van der Waals surface area (Å²) < 4.78 is 18.7. The van der Waals surface area contributed by atoms with Crippen molar-refractivity contribution in [3.05, 3.63) is 45.6 Å². The van der Waals surface area contributed by atoms with E-state index in [1.54, 1.807) is 20.3 Å². The molecular formula is C24H32N2O4. The zero-order valence-corrected chi connectivity index (χ0v) is 18.3. The fourth-order valence-corrected chi connectivity index (χ4v) is 4.56. The molecule has 6 nitrogen and oxygen atoms in total. The third-order valence-corrected chi connectivity index (χ3v) is 6.29. The maximum absolute atomic E-state index is 12.7. The van der Waals surface area contributed by atoms with Gasteiger partial charge in [0.15, 0.2) is 11.3 Å². The van der Waals surface area contributed by atoms with Crippen molar-refractivity contribution in [2.24, 2.45) is 0 Å². The van der Waals surface area contributed by atoms with Gasteiger partial charge >= 0.3 is 0 Å². The number of fused-ring (bicyclic) bond motifs is 3. The van der Waals surface area contributed by atoms with Crippen molar-refractivity contribution in [2.45, 2.75) is 45.3 Å². The first-order valence-electron chi connectivity index (χ1n) is 10.9. The van der Waals surface area contributed by atoms with Crippen LogP contribution in [0.2, 0.25) is 0 Å². The maximum atomic E-state index is 12.7. The van der Waals surface area contributed by atoms with E-state index in [1.165, 1.54) is 30.5 Å². The van der Waals surface area contributed by atoms with E-state index in [9.17, 15) is 4.79 Å². The van der Waals surface area contributed by atoms with Crippen LogP contribution in [0.3, 0.4) is 0 Å². The number of anilines is 1. The Bertz CT molecular complexity index is 947. The zero-order chi connectivity index (χ0) is 21.1. The molecule has 0 spiro atoms. The van der Waals surface area contributed by atoms with E-state index < -0.39 is 0 Å². The van der Waals surface area contributed by atoms with Crippen LogP contribution in [-0.4, -0.2) is 51.2 Å². The molecule has 0 N–H and O–H groups in total. The molecule has 0 bridgehead atoms. The number of nitrogens with zero attached hydrogens (tertiary/aromatic N) is 2. The lowest BCUT2D eigenvalue weighted by atomic mass is 9.93. The average Bonchev–Trinajstić information content (AvgIpc) is 2.79. The Hall–Kier alpha value is -2.31. The first-order valence-corrected chi connectivity index (χ1v) is 10.9. The van der Waals surface area contributed by atoms with Crippen molar-refractivity contribution in [3.8, 4) is 17.1 Å². The summed E-state index contributed by atoms with van der Waals surface area (Å²) in [6.07, 6.45) is 4.61. The highest BCUT2D eigenvalue weighted by atomic mass is 16.6. The second-order valence-corrected chi connectivity index (χ2v) is 8.24. The Balaban J connectivity index is 1.66. The molecular weight excluding hydrogens is 380 g/mol. The molecule has 6 heteroatoms. The van der Waals surface area contributed by atoms with Gasteiger partial charge in [0.05, 0.1) is 12.3 Å². The van der Waals surface area contributed by atoms with Crippen molar-refractivity contribution in [1.29, 1.82) is 0 Å². The standard InChI is InChI=1S/C24H32N2O4/c1-17-22(27)14-23(30-16-20(29-3)15-28-2)26-12-9-18-13-19(7-8-21(18)24(17)26)25-10-5-4-6-11-25/h7-8,13-14,20H,4-6,9-12,15-16H2,1-3H3/t20-/m0/s1. The molecule has 1 fully saturated rings. The largest absolute Gasteiger partial charge is 0.476 e. The van der Waals surface area contributed by atoms with E-state index in [0.717, 1.165) is 42.9 Å². The number of ether oxygens (including phenoxy) is 3. The molecule has 1 aromatic carbocycles. The molecule has 0 aliphatic carbocycles. The summed E-state index contributed by atoms with van der Waals surface area (Å²) in [4.78, 5) is 15.2. The fraction of sp³-hybridized carbons (Fsp3) is 0.542. The molecule has 1 aromatic heterocycles. The SMILES string of the molecule is COC[C@@H](COc1cc(=O)c(C)c2n1CCc1cc(N3CCCCC3)ccc1-2)OC. The second-order valence-electron chi connectivity index (χ2n) is 8.24. The number of hydrogen-bond acceptors (Lipinski definition) is 5. The van der Waals surface area contributed by atoms with Crippen molar-refractivity contribution in [1.82, 2.24) is 4.57 Å². The third kappa shape index (κ3) is 4.12. The molecule has 0 unspecified atom stereocenters. The Labute approximate surface area is 178 Å². The van der Waals surface area contributed by atoms with Gasteiger partial charge in [-0.1, -0.05) is 6.07 Å². The number of rotatable bonds is 7. The summed E-state index contributed by atoms with van der Waals surface area (Å²) >= 11 is 0. The molecule has 1 saturated heterocycles. The minimum absolute atomic E-state index is 0.00455. The highest BCUT2D eigenvalue weighted by molar-refractivity contribution is 5.72. The van der Waals surface area contributed by atoms with Crippen molar-refractivity contribution in [2.75, 3.05) is 45.4 Å². The van der Waals surface area contributed by atoms with Gasteiger partial charge in [-0.15, -0.1) is 0 Å². The number of methoxy groups -OCH3 is 2. The number of aryl methyl sites for hydroxylation is 1. The molecule has 2 aliphatic rings. The zero-order valence-electron chi connectivity index (χ0n) is 18.3. The van der Waals surface area contributed by atoms with Crippen LogP contribution in [0.15, 0.2) is 29.1 Å². The fourth-order valence-electron chi connectivity index (χ4n) is 4.56. The number of benzene rings is 1. The molecule has 4 rings (SSSR count). The molecule has 3 heterocycles. The topological polar surface area (TPSA) is 52.9 Å². The van der Waals surface area contributed by atoms with Gasteiger partial charge in [-0.2, -0.15) is 0 Å². The van der Waals surface area contributed by atoms with Crippen LogP contribution in [0.25, 0.3) is 11.3 Å². The summed E-state index contributed by atoms with van der Waals surface area (Å²) in [7, 11) is 3.28. The molecule has 0 amide bonds. The summed E-state index contributed by atoms with van der Waals surface area (Å²) in [5.41, 5.74) is 5.51. The Kier molecular flexibility index (Phi) is 6.44. The third-order valence-electron chi connectivity index (χ3n) is 6.29. The minimum Gasteiger partial charge on any atom is -0.476 e. The monoisotopic (exact) mass is 412 g/mol. The summed E-state index contributed by atoms with van der Waals surface area (Å²) in [6.45, 7) is 5.76. The van der Waals surface area contributed by atoms with Crippen molar-refractivity contribution in [3.63, 3.8) is 0 Å². The van der Waals surface area contributed by atoms with Crippen LogP contribution >= 0.6 is 0 Å². The normalized spacial score (nSPS) is 16.7. The van der Waals surface area contributed by atoms with Gasteiger partial charge in [0.1, 0.15) is 12.7 Å². The van der Waals surface area contributed by atoms with Crippen LogP contribution < -0.4 is 15.1 Å². The van der Waals surface area contributed by atoms with E-state index in [4.69, 9.17) is 14.2 Å². The van der Waals surface area contributed by atoms with Crippen LogP contribution in [0.1, 0.15) is 30.4 Å². The van der Waals surface area contributed by atoms with Gasteiger partial charge in [-0.05, 0) is 50.3 Å². The average molecular weight is 413 g/mol. The number of piperidine rings is 1.